The number of phenols is 4. The molecule has 21 nitrogen and oxygen atoms in total. The molecule has 0 atom stereocenters. The van der Waals surface area contributed by atoms with E-state index in [1.165, 1.54) is 109 Å². The van der Waals surface area contributed by atoms with E-state index in [2.05, 4.69) is 46.2 Å². The van der Waals surface area contributed by atoms with Gasteiger partial charge in [-0.1, -0.05) is 12.1 Å². The Balaban J connectivity index is 0.00000391. The number of hydrogen-bond acceptors (Lipinski definition) is 19. The van der Waals surface area contributed by atoms with Gasteiger partial charge in [-0.3, -0.25) is 9.11 Å². The van der Waals surface area contributed by atoms with E-state index in [1.54, 1.807) is 0 Å². The third-order valence-electron chi connectivity index (χ3n) is 9.62. The number of hydrogen-bond donors (Lipinski definition) is 7. The van der Waals surface area contributed by atoms with Crippen LogP contribution in [0.1, 0.15) is 0 Å². The Morgan fingerprint density at radius 2 is 0.739 bits per heavy atom. The van der Waals surface area contributed by atoms with Gasteiger partial charge in [0.15, 0.2) is 11.5 Å². The first kappa shape index (κ1) is 51.5. The molecule has 7 N–H and O–H groups in total. The maximum absolute atomic E-state index is 12.5. The van der Waals surface area contributed by atoms with E-state index in [1.807, 2.05) is 0 Å². The van der Waals surface area contributed by atoms with Crippen LogP contribution in [0.25, 0.3) is 21.5 Å². The molecule has 0 aliphatic carbocycles. The van der Waals surface area contributed by atoms with Gasteiger partial charge in [0.25, 0.3) is 20.2 Å². The van der Waals surface area contributed by atoms with Gasteiger partial charge in [0.05, 0.1) is 22.7 Å². The third kappa shape index (κ3) is 12.0. The van der Waals surface area contributed by atoms with Crippen molar-refractivity contribution in [3.05, 3.63) is 133 Å². The number of anilines is 2. The molecule has 0 aromatic heterocycles. The van der Waals surface area contributed by atoms with Gasteiger partial charge in [0, 0.05) is 22.1 Å². The molecule has 0 spiro atoms. The van der Waals surface area contributed by atoms with Crippen LogP contribution in [0.4, 0.5) is 56.9 Å². The summed E-state index contributed by atoms with van der Waals surface area (Å²) in [6.07, 6.45) is 0. The molecule has 0 saturated heterocycles. The van der Waals surface area contributed by atoms with Crippen molar-refractivity contribution in [2.24, 2.45) is 40.9 Å². The quantitative estimate of drug-likeness (QED) is 0.0489. The fourth-order valence-electron chi connectivity index (χ4n) is 6.40. The van der Waals surface area contributed by atoms with Crippen LogP contribution in [0, 0.1) is 0 Å². The largest absolute Gasteiger partial charge is 1.00 e. The normalized spacial score (nSPS) is 12.0. The standard InChI is InChI=1S/C44H31N9O12S2.2Na/c54-31-11-15-35(37(56)21-31)50-46-25-1-5-27(6-2-25)48-52-41-39(66(60,61)62)19-23-17-29(9-13-33(23)43(41)58)45-30-10-14-34-24(18-30)20-40(67(63,64)65)42(44(34)59)53-49-28-7-3-26(4-8-28)47-51-36-16-12-32(55)22-38(36)57;;/h1-22,45,54-59H,(H,60,61,62)(H,63,64,65);;/q;2*+1/p-2. The van der Waals surface area contributed by atoms with Crippen molar-refractivity contribution in [1.29, 1.82) is 0 Å². The summed E-state index contributed by atoms with van der Waals surface area (Å²) in [5.41, 5.74) is 0.762. The summed E-state index contributed by atoms with van der Waals surface area (Å²) in [7, 11) is -9.97. The van der Waals surface area contributed by atoms with Crippen LogP contribution in [0.2, 0.25) is 0 Å². The summed E-state index contributed by atoms with van der Waals surface area (Å²) >= 11 is 0. The molecular weight excluding hydrogens is 957 g/mol. The first-order valence-electron chi connectivity index (χ1n) is 19.1. The molecule has 0 radical (unpaired) electrons. The van der Waals surface area contributed by atoms with Crippen LogP contribution >= 0.6 is 0 Å². The van der Waals surface area contributed by atoms with Gasteiger partial charge in [0.1, 0.15) is 44.0 Å². The van der Waals surface area contributed by atoms with Gasteiger partial charge in [-0.15, -0.1) is 32.0 Å². The molecule has 0 unspecified atom stereocenters. The van der Waals surface area contributed by atoms with Crippen LogP contribution in [-0.2, 0) is 20.2 Å². The number of azo groups is 4. The smallest absolute Gasteiger partial charge is 0.872 e. The van der Waals surface area contributed by atoms with Crippen LogP contribution in [0.3, 0.4) is 0 Å². The zero-order valence-corrected chi connectivity index (χ0v) is 41.4. The summed E-state index contributed by atoms with van der Waals surface area (Å²) in [5.74, 6) is -2.73. The zero-order chi connectivity index (χ0) is 47.6. The van der Waals surface area contributed by atoms with Crippen LogP contribution in [0.15, 0.2) is 184 Å². The Labute approximate surface area is 434 Å². The summed E-state index contributed by atoms with van der Waals surface area (Å²) < 4.78 is 70.5. The van der Waals surface area contributed by atoms with E-state index < -0.39 is 64.4 Å². The number of fused-ring (bicyclic) bond motifs is 2. The molecular formula is C44H29N9Na2O12S2. The molecule has 25 heteroatoms. The Morgan fingerprint density at radius 3 is 1.06 bits per heavy atom. The first-order chi connectivity index (χ1) is 31.9. The molecule has 0 bridgehead atoms. The topological polar surface area (TPSA) is 347 Å². The van der Waals surface area contributed by atoms with E-state index in [-0.39, 0.29) is 115 Å². The average molecular weight is 986 g/mol. The second-order valence-corrected chi connectivity index (χ2v) is 17.0. The molecule has 8 rings (SSSR count). The molecule has 0 aliphatic rings. The van der Waals surface area contributed by atoms with Crippen LogP contribution in [-0.4, -0.2) is 46.4 Å². The van der Waals surface area contributed by atoms with Gasteiger partial charge < -0.3 is 36.0 Å². The Morgan fingerprint density at radius 1 is 0.406 bits per heavy atom. The number of nitrogens with zero attached hydrogens (tertiary/aromatic N) is 8. The third-order valence-corrected chi connectivity index (χ3v) is 11.4. The fourth-order valence-corrected chi connectivity index (χ4v) is 7.71. The zero-order valence-electron chi connectivity index (χ0n) is 35.7. The molecule has 336 valence electrons. The Hall–Kier alpha value is -6.90. The summed E-state index contributed by atoms with van der Waals surface area (Å²) in [6.45, 7) is 0. The van der Waals surface area contributed by atoms with Crippen molar-refractivity contribution in [1.82, 2.24) is 0 Å². The second-order valence-electron chi connectivity index (χ2n) is 14.2. The number of rotatable bonds is 12. The fraction of sp³-hybridized carbons (Fsp3) is 0. The van der Waals surface area contributed by atoms with Gasteiger partial charge in [-0.05, 0) is 132 Å². The summed E-state index contributed by atoms with van der Waals surface area (Å²) in [5, 5.41) is 100. The van der Waals surface area contributed by atoms with Gasteiger partial charge in [-0.25, -0.2) is 0 Å². The van der Waals surface area contributed by atoms with Gasteiger partial charge in [0.2, 0.25) is 0 Å². The van der Waals surface area contributed by atoms with Gasteiger partial charge >= 0.3 is 59.1 Å². The predicted molar refractivity (Wildman–Crippen MR) is 239 cm³/mol. The van der Waals surface area contributed by atoms with Crippen molar-refractivity contribution in [3.8, 4) is 34.5 Å². The van der Waals surface area contributed by atoms with Gasteiger partial charge in [-0.2, -0.15) is 37.3 Å². The van der Waals surface area contributed by atoms with E-state index in [4.69, 9.17) is 0 Å². The molecule has 8 aromatic rings. The minimum Gasteiger partial charge on any atom is -0.872 e. The monoisotopic (exact) mass is 985 g/mol. The van der Waals surface area contributed by atoms with Crippen molar-refractivity contribution < 1.29 is 116 Å². The van der Waals surface area contributed by atoms with Crippen molar-refractivity contribution in [2.45, 2.75) is 9.79 Å². The van der Waals surface area contributed by atoms with E-state index in [0.717, 1.165) is 24.3 Å². The second kappa shape index (κ2) is 21.2. The number of aromatic hydroxyl groups is 4. The maximum atomic E-state index is 12.5. The predicted octanol–water partition coefficient (Wildman–Crippen LogP) is 4.87. The molecule has 69 heavy (non-hydrogen) atoms. The first-order valence-corrected chi connectivity index (χ1v) is 22.0. The number of nitrogens with one attached hydrogen (secondary N) is 1. The van der Waals surface area contributed by atoms with Crippen molar-refractivity contribution in [3.63, 3.8) is 0 Å². The minimum absolute atomic E-state index is 0. The van der Waals surface area contributed by atoms with E-state index in [9.17, 15) is 56.6 Å². The summed E-state index contributed by atoms with van der Waals surface area (Å²) in [6, 6.07) is 29.8. The van der Waals surface area contributed by atoms with Crippen molar-refractivity contribution in [2.75, 3.05) is 5.32 Å². The molecule has 0 amide bonds. The number of phenolic OH excluding ortho intramolecular Hbond substituents is 4. The average Bonchev–Trinajstić information content (AvgIpc) is 3.27. The number of benzene rings is 8. The SMILES string of the molecule is O=S(=O)(O)c1cc2cc(Nc3ccc4c(O)c(N=Nc5ccc(N=Nc6ccc([O-])cc6O)cc5)c(S(=O)(=O)O)cc4c3)ccc2c(O)c1N=Nc1ccc(N=Nc2ccc([O-])cc2O)cc1.[Na+].[Na+]. The minimum atomic E-state index is -4.98. The Kier molecular flexibility index (Phi) is 15.8. The molecule has 0 heterocycles. The van der Waals surface area contributed by atoms with Crippen LogP contribution < -0.4 is 74.6 Å². The summed E-state index contributed by atoms with van der Waals surface area (Å²) in [4.78, 5) is -1.52. The molecule has 0 saturated carbocycles. The Bertz CT molecular complexity index is 3400. The molecule has 0 fully saturated rings. The molecule has 0 aliphatic heterocycles. The van der Waals surface area contributed by atoms with E-state index in [0.29, 0.717) is 22.7 Å². The maximum Gasteiger partial charge on any atom is 1.00 e. The van der Waals surface area contributed by atoms with Crippen LogP contribution in [0.5, 0.6) is 34.5 Å². The molecule has 8 aromatic carbocycles. The van der Waals surface area contributed by atoms with Crippen molar-refractivity contribution >= 4 is 98.7 Å². The van der Waals surface area contributed by atoms with E-state index >= 15 is 0 Å².